The van der Waals surface area contributed by atoms with Crippen molar-refractivity contribution in [2.45, 2.75) is 39.7 Å². The second-order valence-electron chi connectivity index (χ2n) is 8.03. The van der Waals surface area contributed by atoms with Crippen molar-refractivity contribution in [3.8, 4) is 0 Å². The lowest BCUT2D eigenvalue weighted by atomic mass is 9.93. The molecule has 1 unspecified atom stereocenters. The van der Waals surface area contributed by atoms with E-state index in [0.717, 1.165) is 27.7 Å². The van der Waals surface area contributed by atoms with Gasteiger partial charge in [-0.1, -0.05) is 55.1 Å². The van der Waals surface area contributed by atoms with Gasteiger partial charge in [-0.15, -0.1) is 0 Å². The number of amidine groups is 1. The Balaban J connectivity index is 1.65. The summed E-state index contributed by atoms with van der Waals surface area (Å²) in [6.45, 7) is 6.04. The topological polar surface area (TPSA) is 71.0 Å². The number of amides is 1. The standard InChI is InChI=1S/C26H27N3O3S/c1-5-21-23(25(31)32-4)24(18-9-7-6-8-10-18)29-20(15-33-26(29)28-21)14-22(30)27-19-12-11-16(2)17(3)13-19/h6-13,15,24H,5,14H2,1-4H3,(H,27,30). The van der Waals surface area contributed by atoms with Crippen LogP contribution in [0.1, 0.15) is 42.5 Å². The van der Waals surface area contributed by atoms with Crippen molar-refractivity contribution >= 4 is 34.5 Å². The predicted molar refractivity (Wildman–Crippen MR) is 133 cm³/mol. The number of fused-ring (bicyclic) bond motifs is 1. The highest BCUT2D eigenvalue weighted by atomic mass is 32.2. The molecule has 0 aromatic heterocycles. The first-order valence-corrected chi connectivity index (χ1v) is 11.8. The molecule has 33 heavy (non-hydrogen) atoms. The molecule has 6 nitrogen and oxygen atoms in total. The van der Waals surface area contributed by atoms with Crippen molar-refractivity contribution in [1.29, 1.82) is 0 Å². The third-order valence-electron chi connectivity index (χ3n) is 5.88. The van der Waals surface area contributed by atoms with Crippen molar-refractivity contribution in [3.05, 3.63) is 87.6 Å². The molecule has 1 N–H and O–H groups in total. The Morgan fingerprint density at radius 2 is 1.88 bits per heavy atom. The summed E-state index contributed by atoms with van der Waals surface area (Å²) in [5.74, 6) is -0.526. The molecule has 170 valence electrons. The molecule has 0 radical (unpaired) electrons. The van der Waals surface area contributed by atoms with Crippen LogP contribution in [0.2, 0.25) is 0 Å². The zero-order valence-electron chi connectivity index (χ0n) is 19.2. The molecule has 1 amide bonds. The van der Waals surface area contributed by atoms with Crippen LogP contribution in [-0.4, -0.2) is 29.1 Å². The van der Waals surface area contributed by atoms with Gasteiger partial charge < -0.3 is 15.0 Å². The third-order valence-corrected chi connectivity index (χ3v) is 6.77. The highest BCUT2D eigenvalue weighted by Gasteiger charge is 2.41. The Morgan fingerprint density at radius 3 is 2.55 bits per heavy atom. The fourth-order valence-electron chi connectivity index (χ4n) is 4.05. The van der Waals surface area contributed by atoms with Crippen LogP contribution < -0.4 is 5.32 Å². The fraction of sp³-hybridized carbons (Fsp3) is 0.269. The number of methoxy groups -OCH3 is 1. The highest BCUT2D eigenvalue weighted by Crippen LogP contribution is 2.45. The lowest BCUT2D eigenvalue weighted by Gasteiger charge is -2.36. The predicted octanol–water partition coefficient (Wildman–Crippen LogP) is 5.47. The minimum Gasteiger partial charge on any atom is -0.466 e. The first kappa shape index (κ1) is 22.9. The molecule has 2 heterocycles. The third kappa shape index (κ3) is 4.59. The van der Waals surface area contributed by atoms with Crippen molar-refractivity contribution in [3.63, 3.8) is 0 Å². The maximum absolute atomic E-state index is 12.9. The summed E-state index contributed by atoms with van der Waals surface area (Å²) in [6, 6.07) is 15.3. The maximum Gasteiger partial charge on any atom is 0.338 e. The number of nitrogens with one attached hydrogen (secondary N) is 1. The second-order valence-corrected chi connectivity index (χ2v) is 8.87. The average Bonchev–Trinajstić information content (AvgIpc) is 3.22. The van der Waals surface area contributed by atoms with E-state index in [4.69, 9.17) is 9.73 Å². The molecular weight excluding hydrogens is 434 g/mol. The summed E-state index contributed by atoms with van der Waals surface area (Å²) in [7, 11) is 1.39. The fourth-order valence-corrected chi connectivity index (χ4v) is 4.99. The van der Waals surface area contributed by atoms with Crippen molar-refractivity contribution in [2.75, 3.05) is 12.4 Å². The molecule has 2 aromatic carbocycles. The van der Waals surface area contributed by atoms with Gasteiger partial charge in [0, 0.05) is 11.4 Å². The summed E-state index contributed by atoms with van der Waals surface area (Å²) < 4.78 is 5.14. The number of hydrogen-bond acceptors (Lipinski definition) is 6. The minimum absolute atomic E-state index is 0.122. The van der Waals surface area contributed by atoms with Crippen LogP contribution in [0.3, 0.4) is 0 Å². The average molecular weight is 462 g/mol. The number of carbonyl (C=O) groups is 2. The Labute approximate surface area is 198 Å². The van der Waals surface area contributed by atoms with Gasteiger partial charge in [0.2, 0.25) is 5.91 Å². The Hall–Kier alpha value is -3.32. The number of nitrogens with zero attached hydrogens (tertiary/aromatic N) is 2. The Bertz CT molecular complexity index is 1180. The first-order valence-electron chi connectivity index (χ1n) is 10.9. The molecule has 0 spiro atoms. The van der Waals surface area contributed by atoms with Crippen molar-refractivity contribution < 1.29 is 14.3 Å². The molecule has 2 aliphatic rings. The van der Waals surface area contributed by atoms with E-state index in [1.807, 2.05) is 79.6 Å². The van der Waals surface area contributed by atoms with Crippen LogP contribution in [0.15, 0.2) is 75.9 Å². The summed E-state index contributed by atoms with van der Waals surface area (Å²) in [5, 5.41) is 5.71. The number of anilines is 1. The highest BCUT2D eigenvalue weighted by molar-refractivity contribution is 8.16. The lowest BCUT2D eigenvalue weighted by molar-refractivity contribution is -0.136. The molecule has 2 aromatic rings. The van der Waals surface area contributed by atoms with Gasteiger partial charge in [0.15, 0.2) is 5.17 Å². The van der Waals surface area contributed by atoms with Crippen LogP contribution in [0.4, 0.5) is 5.69 Å². The molecule has 7 heteroatoms. The van der Waals surface area contributed by atoms with Gasteiger partial charge in [-0.05, 0) is 54.5 Å². The molecule has 0 bridgehead atoms. The van der Waals surface area contributed by atoms with E-state index in [9.17, 15) is 9.59 Å². The van der Waals surface area contributed by atoms with Crippen LogP contribution in [0.25, 0.3) is 0 Å². The Morgan fingerprint density at radius 1 is 1.12 bits per heavy atom. The van der Waals surface area contributed by atoms with Crippen LogP contribution >= 0.6 is 11.8 Å². The van der Waals surface area contributed by atoms with Crippen molar-refractivity contribution in [1.82, 2.24) is 4.90 Å². The molecule has 1 atom stereocenters. The number of aryl methyl sites for hydroxylation is 2. The first-order chi connectivity index (χ1) is 15.9. The number of benzene rings is 2. The van der Waals surface area contributed by atoms with E-state index >= 15 is 0 Å². The normalized spacial score (nSPS) is 17.3. The summed E-state index contributed by atoms with van der Waals surface area (Å²) >= 11 is 1.47. The number of aliphatic imine (C=N–C) groups is 1. The molecule has 0 saturated carbocycles. The zero-order chi connectivity index (χ0) is 23.5. The number of esters is 1. The zero-order valence-corrected chi connectivity index (χ0v) is 20.0. The number of ether oxygens (including phenoxy) is 1. The van der Waals surface area contributed by atoms with Gasteiger partial charge in [0.25, 0.3) is 0 Å². The van der Waals surface area contributed by atoms with Crippen molar-refractivity contribution in [2.24, 2.45) is 4.99 Å². The van der Waals surface area contributed by atoms with Gasteiger partial charge in [-0.2, -0.15) is 0 Å². The molecule has 0 saturated heterocycles. The minimum atomic E-state index is -0.406. The second kappa shape index (κ2) is 9.67. The maximum atomic E-state index is 12.9. The lowest BCUT2D eigenvalue weighted by Crippen LogP contribution is -2.37. The number of allylic oxidation sites excluding steroid dienone is 1. The summed E-state index contributed by atoms with van der Waals surface area (Å²) in [6.07, 6.45) is 0.770. The van der Waals surface area contributed by atoms with Gasteiger partial charge in [-0.25, -0.2) is 9.79 Å². The quantitative estimate of drug-likeness (QED) is 0.578. The van der Waals surface area contributed by atoms with E-state index in [1.54, 1.807) is 0 Å². The monoisotopic (exact) mass is 461 g/mol. The number of hydrogen-bond donors (Lipinski definition) is 1. The number of thioether (sulfide) groups is 1. The van der Waals surface area contributed by atoms with E-state index in [1.165, 1.54) is 24.4 Å². The number of rotatable bonds is 6. The van der Waals surface area contributed by atoms with E-state index < -0.39 is 12.0 Å². The van der Waals surface area contributed by atoms with Gasteiger partial charge in [-0.3, -0.25) is 4.79 Å². The summed E-state index contributed by atoms with van der Waals surface area (Å²) in [5.41, 5.74) is 6.03. The molecule has 2 aliphatic heterocycles. The SMILES string of the molecule is CCC1=C(C(=O)OC)C(c2ccccc2)N2C(CC(=O)Nc3ccc(C)c(C)c3)=CSC2=N1. The number of carbonyl (C=O) groups excluding carboxylic acids is 2. The van der Waals surface area contributed by atoms with Gasteiger partial charge >= 0.3 is 5.97 Å². The molecule has 0 aliphatic carbocycles. The molecule has 0 fully saturated rings. The van der Waals surface area contributed by atoms with Gasteiger partial charge in [0.1, 0.15) is 0 Å². The molecule has 4 rings (SSSR count). The Kier molecular flexibility index (Phi) is 6.70. The van der Waals surface area contributed by atoms with E-state index in [-0.39, 0.29) is 12.3 Å². The van der Waals surface area contributed by atoms with Crippen LogP contribution in [-0.2, 0) is 14.3 Å². The van der Waals surface area contributed by atoms with E-state index in [0.29, 0.717) is 17.7 Å². The summed E-state index contributed by atoms with van der Waals surface area (Å²) in [4.78, 5) is 32.5. The smallest absolute Gasteiger partial charge is 0.338 e. The molecular formula is C26H27N3O3S. The van der Waals surface area contributed by atoms with E-state index in [2.05, 4.69) is 5.32 Å². The van der Waals surface area contributed by atoms with Crippen LogP contribution in [0, 0.1) is 13.8 Å². The van der Waals surface area contributed by atoms with Gasteiger partial charge in [0.05, 0.1) is 30.8 Å². The van der Waals surface area contributed by atoms with Crippen LogP contribution in [0.5, 0.6) is 0 Å². The largest absolute Gasteiger partial charge is 0.466 e.